The van der Waals surface area contributed by atoms with Gasteiger partial charge < -0.3 is 19.3 Å². The van der Waals surface area contributed by atoms with E-state index >= 15 is 0 Å². The van der Waals surface area contributed by atoms with E-state index in [0.29, 0.717) is 35.5 Å². The van der Waals surface area contributed by atoms with Gasteiger partial charge in [0.05, 0.1) is 11.4 Å². The standard InChI is InChI=1S/C60H65BN2O2/c1-36(2)42-13-23-48(24-14-42)62(49-25-15-43(16-26-49)37(3)4)54-35-55(63(50-27-17-44(18-28-50)38(5)6)51-29-19-45(20-30-51)39(7)8)60-58-59(54)64-56-31-21-46(40(9)10)33-52(56)61(58)53-34-47(41(11)12)22-32-57(53)65-60/h13-41H,1-12H3. The quantitative estimate of drug-likeness (QED) is 0.114. The summed E-state index contributed by atoms with van der Waals surface area (Å²) in [5.74, 6) is 5.69. The van der Waals surface area contributed by atoms with Gasteiger partial charge in [0, 0.05) is 28.2 Å². The number of ether oxygens (including phenoxy) is 2. The predicted octanol–water partition coefficient (Wildman–Crippen LogP) is 16.1. The number of hydrogen-bond donors (Lipinski definition) is 0. The summed E-state index contributed by atoms with van der Waals surface area (Å²) < 4.78 is 14.8. The van der Waals surface area contributed by atoms with Crippen LogP contribution in [0, 0.1) is 0 Å². The molecule has 0 bridgehead atoms. The Bertz CT molecular complexity index is 2530. The molecule has 0 N–H and O–H groups in total. The minimum atomic E-state index is -0.148. The fourth-order valence-corrected chi connectivity index (χ4v) is 9.52. The van der Waals surface area contributed by atoms with Crippen molar-refractivity contribution in [3.05, 3.63) is 173 Å². The number of anilines is 6. The Hall–Kier alpha value is -6.20. The van der Waals surface area contributed by atoms with Crippen molar-refractivity contribution in [1.82, 2.24) is 0 Å². The zero-order chi connectivity index (χ0) is 45.8. The fraction of sp³-hybridized carbons (Fsp3) is 0.300. The lowest BCUT2D eigenvalue weighted by molar-refractivity contribution is 0.465. The van der Waals surface area contributed by atoms with Crippen molar-refractivity contribution in [2.75, 3.05) is 9.80 Å². The maximum absolute atomic E-state index is 7.42. The summed E-state index contributed by atoms with van der Waals surface area (Å²) in [6, 6.07) is 52.4. The first-order chi connectivity index (χ1) is 31.2. The average molecular weight is 857 g/mol. The lowest BCUT2D eigenvalue weighted by Crippen LogP contribution is -2.58. The molecule has 0 radical (unpaired) electrons. The van der Waals surface area contributed by atoms with Gasteiger partial charge in [0.1, 0.15) is 11.5 Å². The Labute approximate surface area is 389 Å². The van der Waals surface area contributed by atoms with Crippen LogP contribution >= 0.6 is 0 Å². The molecule has 330 valence electrons. The van der Waals surface area contributed by atoms with Gasteiger partial charge in [-0.15, -0.1) is 0 Å². The molecule has 65 heavy (non-hydrogen) atoms. The smallest absolute Gasteiger partial charge is 0.260 e. The topological polar surface area (TPSA) is 24.9 Å². The highest BCUT2D eigenvalue weighted by atomic mass is 16.5. The lowest BCUT2D eigenvalue weighted by atomic mass is 9.34. The van der Waals surface area contributed by atoms with Gasteiger partial charge in [0.2, 0.25) is 0 Å². The molecule has 2 aliphatic heterocycles. The SMILES string of the molecule is CC(C)c1ccc(N(c2ccc(C(C)C)cc2)c2cc(N(c3ccc(C(C)C)cc3)c3ccc(C(C)C)cc3)c3c4c2Oc2ccc(C(C)C)cc2B4c2cc(C(C)C)ccc2O3)cc1. The van der Waals surface area contributed by atoms with Crippen LogP contribution in [0.25, 0.3) is 0 Å². The maximum atomic E-state index is 7.42. The van der Waals surface area contributed by atoms with Gasteiger partial charge in [-0.3, -0.25) is 0 Å². The molecule has 2 aliphatic rings. The van der Waals surface area contributed by atoms with Crippen molar-refractivity contribution < 1.29 is 9.47 Å². The molecular formula is C60H65BN2O2. The van der Waals surface area contributed by atoms with Crippen molar-refractivity contribution in [2.24, 2.45) is 0 Å². The monoisotopic (exact) mass is 857 g/mol. The Balaban J connectivity index is 1.41. The largest absolute Gasteiger partial charge is 0.456 e. The molecule has 0 unspecified atom stereocenters. The third kappa shape index (κ3) is 8.24. The van der Waals surface area contributed by atoms with Crippen molar-refractivity contribution in [3.63, 3.8) is 0 Å². The molecular weight excluding hydrogens is 791 g/mol. The van der Waals surface area contributed by atoms with Crippen molar-refractivity contribution in [2.45, 2.75) is 119 Å². The Morgan fingerprint density at radius 1 is 0.323 bits per heavy atom. The molecule has 0 aliphatic carbocycles. The van der Waals surface area contributed by atoms with Crippen LogP contribution in [-0.2, 0) is 0 Å². The van der Waals surface area contributed by atoms with Crippen LogP contribution in [0.15, 0.2) is 140 Å². The fourth-order valence-electron chi connectivity index (χ4n) is 9.52. The van der Waals surface area contributed by atoms with Gasteiger partial charge in [-0.25, -0.2) is 0 Å². The van der Waals surface area contributed by atoms with E-state index in [0.717, 1.165) is 62.6 Å². The number of benzene rings is 7. The third-order valence-electron chi connectivity index (χ3n) is 13.7. The first-order valence-corrected chi connectivity index (χ1v) is 24.0. The van der Waals surface area contributed by atoms with Gasteiger partial charge in [-0.1, -0.05) is 156 Å². The first kappa shape index (κ1) is 44.0. The minimum absolute atomic E-state index is 0.148. The summed E-state index contributed by atoms with van der Waals surface area (Å²) in [6.07, 6.45) is 0. The van der Waals surface area contributed by atoms with E-state index in [-0.39, 0.29) is 6.71 Å². The lowest BCUT2D eigenvalue weighted by Gasteiger charge is -2.39. The highest BCUT2D eigenvalue weighted by Crippen LogP contribution is 2.52. The minimum Gasteiger partial charge on any atom is -0.456 e. The Morgan fingerprint density at radius 3 is 0.846 bits per heavy atom. The summed E-state index contributed by atoms with van der Waals surface area (Å²) in [5, 5.41) is 0. The zero-order valence-electron chi connectivity index (χ0n) is 40.5. The molecule has 5 heteroatoms. The summed E-state index contributed by atoms with van der Waals surface area (Å²) in [5.41, 5.74) is 17.3. The zero-order valence-corrected chi connectivity index (χ0v) is 40.5. The van der Waals surface area contributed by atoms with E-state index in [1.54, 1.807) is 0 Å². The molecule has 0 atom stereocenters. The molecule has 2 heterocycles. The van der Waals surface area contributed by atoms with E-state index in [1.165, 1.54) is 44.3 Å². The van der Waals surface area contributed by atoms with E-state index in [4.69, 9.17) is 9.47 Å². The third-order valence-corrected chi connectivity index (χ3v) is 13.7. The van der Waals surface area contributed by atoms with Crippen molar-refractivity contribution in [3.8, 4) is 23.0 Å². The molecule has 0 saturated heterocycles. The number of rotatable bonds is 12. The molecule has 0 amide bonds. The molecule has 9 rings (SSSR count). The molecule has 0 spiro atoms. The second-order valence-corrected chi connectivity index (χ2v) is 20.2. The van der Waals surface area contributed by atoms with E-state index in [9.17, 15) is 0 Å². The van der Waals surface area contributed by atoms with E-state index in [1.807, 2.05) is 0 Å². The summed E-state index contributed by atoms with van der Waals surface area (Å²) in [6.45, 7) is 27.0. The average Bonchev–Trinajstić information content (AvgIpc) is 3.30. The molecule has 0 fully saturated rings. The van der Waals surface area contributed by atoms with Crippen LogP contribution in [0.5, 0.6) is 23.0 Å². The van der Waals surface area contributed by atoms with Crippen LogP contribution in [0.4, 0.5) is 34.1 Å². The van der Waals surface area contributed by atoms with E-state index < -0.39 is 0 Å². The Kier molecular flexibility index (Phi) is 12.0. The molecule has 0 saturated carbocycles. The summed E-state index contributed by atoms with van der Waals surface area (Å²) in [7, 11) is 0. The molecule has 4 nitrogen and oxygen atoms in total. The first-order valence-electron chi connectivity index (χ1n) is 24.0. The number of hydrogen-bond acceptors (Lipinski definition) is 4. The van der Waals surface area contributed by atoms with Crippen LogP contribution in [0.1, 0.15) is 152 Å². The van der Waals surface area contributed by atoms with Gasteiger partial charge in [-0.05, 0) is 147 Å². The summed E-state index contributed by atoms with van der Waals surface area (Å²) in [4.78, 5) is 4.81. The van der Waals surface area contributed by atoms with Crippen molar-refractivity contribution >= 4 is 57.2 Å². The molecule has 7 aromatic rings. The normalized spacial score (nSPS) is 12.7. The van der Waals surface area contributed by atoms with Gasteiger partial charge in [0.15, 0.2) is 11.5 Å². The van der Waals surface area contributed by atoms with Crippen LogP contribution in [-0.4, -0.2) is 6.71 Å². The molecule has 0 aromatic heterocycles. The predicted molar refractivity (Wildman–Crippen MR) is 278 cm³/mol. The van der Waals surface area contributed by atoms with Gasteiger partial charge >= 0.3 is 0 Å². The van der Waals surface area contributed by atoms with Crippen molar-refractivity contribution in [1.29, 1.82) is 0 Å². The highest BCUT2D eigenvalue weighted by Gasteiger charge is 2.45. The number of nitrogens with zero attached hydrogens (tertiary/aromatic N) is 2. The molecule has 7 aromatic carbocycles. The van der Waals surface area contributed by atoms with Gasteiger partial charge in [0.25, 0.3) is 6.71 Å². The summed E-state index contributed by atoms with van der Waals surface area (Å²) >= 11 is 0. The number of fused-ring (bicyclic) bond motifs is 4. The van der Waals surface area contributed by atoms with Crippen LogP contribution in [0.3, 0.4) is 0 Å². The highest BCUT2D eigenvalue weighted by molar-refractivity contribution is 6.98. The second kappa shape index (κ2) is 17.6. The second-order valence-electron chi connectivity index (χ2n) is 20.2. The van der Waals surface area contributed by atoms with E-state index in [2.05, 4.69) is 232 Å². The Morgan fingerprint density at radius 2 is 0.585 bits per heavy atom. The van der Waals surface area contributed by atoms with Crippen LogP contribution in [0.2, 0.25) is 0 Å². The van der Waals surface area contributed by atoms with Crippen LogP contribution < -0.4 is 35.7 Å². The van der Waals surface area contributed by atoms with Gasteiger partial charge in [-0.2, -0.15) is 0 Å². The maximum Gasteiger partial charge on any atom is 0.260 e.